The van der Waals surface area contributed by atoms with E-state index < -0.39 is 21.2 Å². The number of hydrogen-bond acceptors (Lipinski definition) is 4. The molecule has 0 radical (unpaired) electrons. The summed E-state index contributed by atoms with van der Waals surface area (Å²) in [7, 11) is -0.462. The summed E-state index contributed by atoms with van der Waals surface area (Å²) in [6.45, 7) is 2.14. The van der Waals surface area contributed by atoms with Crippen LogP contribution in [0.15, 0.2) is 0 Å². The highest BCUT2D eigenvalue weighted by atomic mass is 32.2. The van der Waals surface area contributed by atoms with Gasteiger partial charge in [0.25, 0.3) is 0 Å². The number of hydrogen-bond donors (Lipinski definition) is 1. The highest BCUT2D eigenvalue weighted by molar-refractivity contribution is 7.90. The summed E-state index contributed by atoms with van der Waals surface area (Å²) in [6, 6.07) is -0.114. The van der Waals surface area contributed by atoms with E-state index in [1.54, 1.807) is 14.1 Å². The minimum atomic E-state index is -3.55. The third kappa shape index (κ3) is 2.53. The molecule has 0 aromatic rings. The molecule has 1 unspecified atom stereocenters. The second-order valence-electron chi connectivity index (χ2n) is 4.33. The van der Waals surface area contributed by atoms with Gasteiger partial charge in [-0.25, -0.2) is 8.42 Å². The molecule has 1 heterocycles. The lowest BCUT2D eigenvalue weighted by atomic mass is 10.3. The second kappa shape index (κ2) is 4.68. The minimum Gasteiger partial charge on any atom is -0.348 e. The van der Waals surface area contributed by atoms with Gasteiger partial charge in [0.05, 0.1) is 0 Å². The van der Waals surface area contributed by atoms with Crippen molar-refractivity contribution in [3.63, 3.8) is 0 Å². The van der Waals surface area contributed by atoms with Crippen LogP contribution in [-0.2, 0) is 14.8 Å². The molecule has 0 aromatic heterocycles. The lowest BCUT2D eigenvalue weighted by Gasteiger charge is -2.22. The maximum Gasteiger partial charge on any atom is 0.241 e. The Morgan fingerprint density at radius 2 is 2.06 bits per heavy atom. The third-order valence-corrected chi connectivity index (χ3v) is 4.93. The first-order valence-electron chi connectivity index (χ1n) is 5.22. The molecule has 1 saturated heterocycles. The molecule has 0 aromatic carbocycles. The molecule has 2 N–H and O–H groups in total. The minimum absolute atomic E-state index is 0.114. The van der Waals surface area contributed by atoms with E-state index in [1.165, 1.54) is 16.1 Å². The molecular weight excluding hydrogens is 230 g/mol. The Bertz CT molecular complexity index is 366. The van der Waals surface area contributed by atoms with Crippen LogP contribution in [0.2, 0.25) is 0 Å². The van der Waals surface area contributed by atoms with Gasteiger partial charge in [0.2, 0.25) is 15.9 Å². The van der Waals surface area contributed by atoms with Crippen molar-refractivity contribution < 1.29 is 13.2 Å². The van der Waals surface area contributed by atoms with Gasteiger partial charge in [0.15, 0.2) is 5.25 Å². The van der Waals surface area contributed by atoms with Crippen LogP contribution in [-0.4, -0.2) is 62.0 Å². The highest BCUT2D eigenvalue weighted by Crippen LogP contribution is 2.17. The molecule has 0 bridgehead atoms. The number of amides is 1. The smallest absolute Gasteiger partial charge is 0.241 e. The predicted molar refractivity (Wildman–Crippen MR) is 61.2 cm³/mol. The van der Waals surface area contributed by atoms with E-state index in [-0.39, 0.29) is 6.04 Å². The molecule has 1 fully saturated rings. The Kier molecular flexibility index (Phi) is 3.92. The number of carbonyl (C=O) groups is 1. The number of nitrogens with two attached hydrogens (primary N) is 1. The number of sulfonamides is 1. The lowest BCUT2D eigenvalue weighted by Crippen LogP contribution is -2.45. The highest BCUT2D eigenvalue weighted by Gasteiger charge is 2.37. The molecular formula is C9H19N3O3S. The summed E-state index contributed by atoms with van der Waals surface area (Å²) in [5, 5.41) is -1.03. The monoisotopic (exact) mass is 249 g/mol. The van der Waals surface area contributed by atoms with Gasteiger partial charge in [-0.15, -0.1) is 0 Å². The molecule has 0 saturated carbocycles. The first kappa shape index (κ1) is 13.4. The van der Waals surface area contributed by atoms with Crippen molar-refractivity contribution in [3.8, 4) is 0 Å². The van der Waals surface area contributed by atoms with E-state index in [0.29, 0.717) is 19.5 Å². The van der Waals surface area contributed by atoms with Gasteiger partial charge < -0.3 is 10.6 Å². The molecule has 1 aliphatic heterocycles. The van der Waals surface area contributed by atoms with Crippen LogP contribution in [0.1, 0.15) is 13.3 Å². The summed E-state index contributed by atoms with van der Waals surface area (Å²) >= 11 is 0. The maximum absolute atomic E-state index is 12.0. The fourth-order valence-electron chi connectivity index (χ4n) is 1.70. The Hall–Kier alpha value is -0.660. The van der Waals surface area contributed by atoms with Crippen LogP contribution in [0, 0.1) is 0 Å². The van der Waals surface area contributed by atoms with E-state index in [2.05, 4.69) is 0 Å². The van der Waals surface area contributed by atoms with E-state index in [9.17, 15) is 13.2 Å². The third-order valence-electron chi connectivity index (χ3n) is 2.78. The number of nitrogens with zero attached hydrogens (tertiary/aromatic N) is 2. The number of rotatable bonds is 3. The zero-order chi connectivity index (χ0) is 12.5. The van der Waals surface area contributed by atoms with Gasteiger partial charge >= 0.3 is 0 Å². The van der Waals surface area contributed by atoms with Crippen LogP contribution in [0.4, 0.5) is 0 Å². The van der Waals surface area contributed by atoms with Gasteiger partial charge in [-0.3, -0.25) is 4.79 Å². The van der Waals surface area contributed by atoms with Crippen LogP contribution in [0.3, 0.4) is 0 Å². The summed E-state index contributed by atoms with van der Waals surface area (Å²) in [4.78, 5) is 12.9. The zero-order valence-corrected chi connectivity index (χ0v) is 10.7. The summed E-state index contributed by atoms with van der Waals surface area (Å²) in [6.07, 6.45) is 0.655. The fourth-order valence-corrected chi connectivity index (χ4v) is 3.37. The Morgan fingerprint density at radius 1 is 1.50 bits per heavy atom. The van der Waals surface area contributed by atoms with E-state index in [1.807, 2.05) is 0 Å². The normalized spacial score (nSPS) is 24.4. The molecule has 94 valence electrons. The predicted octanol–water partition coefficient (Wildman–Crippen LogP) is -1.17. The summed E-state index contributed by atoms with van der Waals surface area (Å²) in [5.74, 6) is -0.402. The quantitative estimate of drug-likeness (QED) is 0.683. The van der Waals surface area contributed by atoms with Crippen LogP contribution >= 0.6 is 0 Å². The molecule has 1 amide bonds. The maximum atomic E-state index is 12.0. The SMILES string of the molecule is CC(C(=O)N(C)C)S(=O)(=O)N1CC[C@@H](N)C1. The Balaban J connectivity index is 2.82. The molecule has 0 spiro atoms. The van der Waals surface area contributed by atoms with Crippen LogP contribution in [0.5, 0.6) is 0 Å². The zero-order valence-electron chi connectivity index (χ0n) is 9.88. The average molecular weight is 249 g/mol. The van der Waals surface area contributed by atoms with Crippen molar-refractivity contribution in [2.45, 2.75) is 24.6 Å². The van der Waals surface area contributed by atoms with Gasteiger partial charge in [-0.05, 0) is 13.3 Å². The van der Waals surface area contributed by atoms with Gasteiger partial charge in [0.1, 0.15) is 0 Å². The van der Waals surface area contributed by atoms with E-state index in [4.69, 9.17) is 5.73 Å². The van der Waals surface area contributed by atoms with Crippen LogP contribution < -0.4 is 5.73 Å². The topological polar surface area (TPSA) is 83.7 Å². The van der Waals surface area contributed by atoms with Gasteiger partial charge in [-0.2, -0.15) is 4.31 Å². The molecule has 2 atom stereocenters. The van der Waals surface area contributed by atoms with Crippen molar-refractivity contribution >= 4 is 15.9 Å². The van der Waals surface area contributed by atoms with Crippen molar-refractivity contribution in [2.24, 2.45) is 5.73 Å². The van der Waals surface area contributed by atoms with Crippen molar-refractivity contribution in [3.05, 3.63) is 0 Å². The molecule has 6 nitrogen and oxygen atoms in total. The van der Waals surface area contributed by atoms with Gasteiger partial charge in [-0.1, -0.05) is 0 Å². The Morgan fingerprint density at radius 3 is 2.44 bits per heavy atom. The Labute approximate surface area is 96.4 Å². The fraction of sp³-hybridized carbons (Fsp3) is 0.889. The summed E-state index contributed by atoms with van der Waals surface area (Å²) < 4.78 is 25.4. The van der Waals surface area contributed by atoms with Crippen molar-refractivity contribution in [1.29, 1.82) is 0 Å². The summed E-state index contributed by atoms with van der Waals surface area (Å²) in [5.41, 5.74) is 5.66. The molecule has 1 aliphatic rings. The average Bonchev–Trinajstić information content (AvgIpc) is 2.62. The molecule has 1 rings (SSSR count). The van der Waals surface area contributed by atoms with E-state index in [0.717, 1.165) is 0 Å². The number of carbonyl (C=O) groups excluding carboxylic acids is 1. The molecule has 16 heavy (non-hydrogen) atoms. The molecule has 0 aliphatic carbocycles. The first-order chi connectivity index (χ1) is 7.26. The lowest BCUT2D eigenvalue weighted by molar-refractivity contribution is -0.128. The van der Waals surface area contributed by atoms with Gasteiger partial charge in [0, 0.05) is 33.2 Å². The van der Waals surface area contributed by atoms with Crippen molar-refractivity contribution in [1.82, 2.24) is 9.21 Å². The second-order valence-corrected chi connectivity index (χ2v) is 6.58. The van der Waals surface area contributed by atoms with E-state index >= 15 is 0 Å². The molecule has 7 heteroatoms. The van der Waals surface area contributed by atoms with Crippen molar-refractivity contribution in [2.75, 3.05) is 27.2 Å². The van der Waals surface area contributed by atoms with Crippen LogP contribution in [0.25, 0.3) is 0 Å². The first-order valence-corrected chi connectivity index (χ1v) is 6.73. The standard InChI is InChI=1S/C9H19N3O3S/c1-7(9(13)11(2)3)16(14,15)12-5-4-8(10)6-12/h7-8H,4-6,10H2,1-3H3/t7?,8-/m1/s1. The largest absolute Gasteiger partial charge is 0.348 e.